The van der Waals surface area contributed by atoms with E-state index in [1.54, 1.807) is 28.7 Å². The first-order valence-electron chi connectivity index (χ1n) is 9.34. The number of pyridine rings is 1. The van der Waals surface area contributed by atoms with Gasteiger partial charge < -0.3 is 9.47 Å². The van der Waals surface area contributed by atoms with Crippen LogP contribution in [0.3, 0.4) is 0 Å². The average Bonchev–Trinajstić information content (AvgIpc) is 3.15. The molecule has 1 aromatic heterocycles. The van der Waals surface area contributed by atoms with Crippen LogP contribution in [0.1, 0.15) is 24.1 Å². The Bertz CT molecular complexity index is 921. The van der Waals surface area contributed by atoms with Gasteiger partial charge in [0, 0.05) is 37.5 Å². The van der Waals surface area contributed by atoms with Crippen molar-refractivity contribution < 1.29 is 17.9 Å². The van der Waals surface area contributed by atoms with Gasteiger partial charge in [0.2, 0.25) is 10.0 Å². The quantitative estimate of drug-likeness (QED) is 0.788. The Morgan fingerprint density at radius 1 is 1.22 bits per heavy atom. The predicted molar refractivity (Wildman–Crippen MR) is 102 cm³/mol. The van der Waals surface area contributed by atoms with E-state index in [1.807, 2.05) is 19.1 Å². The van der Waals surface area contributed by atoms with Crippen molar-refractivity contribution in [2.75, 3.05) is 26.3 Å². The number of hydrogen-bond donors (Lipinski definition) is 0. The molecule has 144 valence electrons. The zero-order chi connectivity index (χ0) is 18.9. The molecule has 0 N–H and O–H groups in total. The molecule has 0 saturated carbocycles. The average molecular weight is 388 g/mol. The molecule has 7 heteroatoms. The molecule has 0 spiro atoms. The van der Waals surface area contributed by atoms with Crippen molar-refractivity contribution in [1.82, 2.24) is 9.29 Å². The smallest absolute Gasteiger partial charge is 0.243 e. The molecule has 0 bridgehead atoms. The van der Waals surface area contributed by atoms with Crippen LogP contribution < -0.4 is 9.47 Å². The van der Waals surface area contributed by atoms with E-state index >= 15 is 0 Å². The van der Waals surface area contributed by atoms with E-state index in [0.29, 0.717) is 37.1 Å². The Labute approximate surface area is 160 Å². The highest BCUT2D eigenvalue weighted by molar-refractivity contribution is 7.89. The fraction of sp³-hybridized carbons (Fsp3) is 0.450. The molecule has 2 aliphatic heterocycles. The van der Waals surface area contributed by atoms with Gasteiger partial charge in [0.05, 0.1) is 18.1 Å². The van der Waals surface area contributed by atoms with Crippen LogP contribution in [0, 0.1) is 12.8 Å². The normalized spacial score (nSPS) is 18.1. The van der Waals surface area contributed by atoms with Crippen LogP contribution in [0.5, 0.6) is 11.5 Å². The maximum absolute atomic E-state index is 13.0. The zero-order valence-corrected chi connectivity index (χ0v) is 16.2. The topological polar surface area (TPSA) is 68.7 Å². The second-order valence-electron chi connectivity index (χ2n) is 7.16. The highest BCUT2D eigenvalue weighted by Crippen LogP contribution is 2.30. The van der Waals surface area contributed by atoms with Crippen LogP contribution in [0.2, 0.25) is 0 Å². The highest BCUT2D eigenvalue weighted by atomic mass is 32.2. The van der Waals surface area contributed by atoms with Gasteiger partial charge in [0.15, 0.2) is 0 Å². The van der Waals surface area contributed by atoms with Gasteiger partial charge in [0.25, 0.3) is 0 Å². The van der Waals surface area contributed by atoms with Crippen LogP contribution in [-0.4, -0.2) is 44.0 Å². The van der Waals surface area contributed by atoms with Crippen molar-refractivity contribution in [1.29, 1.82) is 0 Å². The SMILES string of the molecule is Cc1cc(OCC2CCN(S(=O)(=O)c3ccc4c(c3)CCO4)CC2)ccn1. The van der Waals surface area contributed by atoms with Gasteiger partial charge in [-0.2, -0.15) is 4.31 Å². The number of nitrogens with zero attached hydrogens (tertiary/aromatic N) is 2. The minimum Gasteiger partial charge on any atom is -0.493 e. The maximum atomic E-state index is 13.0. The molecule has 1 fully saturated rings. The Morgan fingerprint density at radius 2 is 2.04 bits per heavy atom. The number of piperidine rings is 1. The van der Waals surface area contributed by atoms with Gasteiger partial charge in [-0.3, -0.25) is 4.98 Å². The minimum atomic E-state index is -3.45. The molecule has 0 atom stereocenters. The molecule has 2 aromatic rings. The third-order valence-corrected chi connectivity index (χ3v) is 7.12. The summed E-state index contributed by atoms with van der Waals surface area (Å²) < 4.78 is 38.8. The molecule has 0 unspecified atom stereocenters. The summed E-state index contributed by atoms with van der Waals surface area (Å²) in [7, 11) is -3.45. The van der Waals surface area contributed by atoms with Crippen molar-refractivity contribution in [2.24, 2.45) is 5.92 Å². The molecule has 2 aliphatic rings. The number of ether oxygens (including phenoxy) is 2. The van der Waals surface area contributed by atoms with E-state index in [4.69, 9.17) is 9.47 Å². The van der Waals surface area contributed by atoms with Gasteiger partial charge in [-0.15, -0.1) is 0 Å². The summed E-state index contributed by atoms with van der Waals surface area (Å²) >= 11 is 0. The lowest BCUT2D eigenvalue weighted by Crippen LogP contribution is -2.39. The summed E-state index contributed by atoms with van der Waals surface area (Å²) in [6.45, 7) is 4.22. The van der Waals surface area contributed by atoms with Crippen molar-refractivity contribution in [3.8, 4) is 11.5 Å². The largest absolute Gasteiger partial charge is 0.493 e. The number of fused-ring (bicyclic) bond motifs is 1. The third-order valence-electron chi connectivity index (χ3n) is 5.23. The fourth-order valence-electron chi connectivity index (χ4n) is 3.61. The molecule has 4 rings (SSSR count). The molecular formula is C20H24N2O4S. The standard InChI is InChI=1S/C20H24N2O4S/c1-15-12-18(4-8-21-15)26-14-16-5-9-22(10-6-16)27(23,24)19-2-3-20-17(13-19)7-11-25-20/h2-4,8,12-13,16H,5-7,9-11,14H2,1H3. The van der Waals surface area contributed by atoms with Crippen LogP contribution in [0.15, 0.2) is 41.4 Å². The van der Waals surface area contributed by atoms with Crippen LogP contribution in [0.25, 0.3) is 0 Å². The van der Waals surface area contributed by atoms with Gasteiger partial charge >= 0.3 is 0 Å². The monoisotopic (exact) mass is 388 g/mol. The predicted octanol–water partition coefficient (Wildman–Crippen LogP) is 2.80. The molecule has 1 aromatic carbocycles. The summed E-state index contributed by atoms with van der Waals surface area (Å²) in [5, 5.41) is 0. The zero-order valence-electron chi connectivity index (χ0n) is 15.4. The number of benzene rings is 1. The van der Waals surface area contributed by atoms with Crippen molar-refractivity contribution >= 4 is 10.0 Å². The second-order valence-corrected chi connectivity index (χ2v) is 9.10. The first-order chi connectivity index (χ1) is 13.0. The fourth-order valence-corrected chi connectivity index (χ4v) is 5.13. The number of aromatic nitrogens is 1. The minimum absolute atomic E-state index is 0.360. The third kappa shape index (κ3) is 3.94. The van der Waals surface area contributed by atoms with Gasteiger partial charge in [-0.25, -0.2) is 8.42 Å². The Kier molecular flexibility index (Phi) is 5.06. The Morgan fingerprint density at radius 3 is 2.81 bits per heavy atom. The van der Waals surface area contributed by atoms with E-state index < -0.39 is 10.0 Å². The Hall–Kier alpha value is -2.12. The van der Waals surface area contributed by atoms with Crippen molar-refractivity contribution in [3.05, 3.63) is 47.8 Å². The van der Waals surface area contributed by atoms with Crippen molar-refractivity contribution in [2.45, 2.75) is 31.1 Å². The number of aryl methyl sites for hydroxylation is 1. The van der Waals surface area contributed by atoms with E-state index in [1.165, 1.54) is 0 Å². The van der Waals surface area contributed by atoms with Crippen LogP contribution >= 0.6 is 0 Å². The van der Waals surface area contributed by atoms with Gasteiger partial charge in [-0.05, 0) is 55.5 Å². The lowest BCUT2D eigenvalue weighted by molar-refractivity contribution is 0.185. The van der Waals surface area contributed by atoms with Crippen molar-refractivity contribution in [3.63, 3.8) is 0 Å². The molecule has 6 nitrogen and oxygen atoms in total. The molecule has 1 saturated heterocycles. The Balaban J connectivity index is 1.35. The summed E-state index contributed by atoms with van der Waals surface area (Å²) in [5.74, 6) is 1.98. The summed E-state index contributed by atoms with van der Waals surface area (Å²) in [4.78, 5) is 4.53. The van der Waals surface area contributed by atoms with E-state index in [-0.39, 0.29) is 0 Å². The lowest BCUT2D eigenvalue weighted by Gasteiger charge is -2.31. The number of rotatable bonds is 5. The summed E-state index contributed by atoms with van der Waals surface area (Å²) in [6, 6.07) is 8.95. The van der Waals surface area contributed by atoms with Gasteiger partial charge in [0.1, 0.15) is 11.5 Å². The lowest BCUT2D eigenvalue weighted by atomic mass is 9.99. The first kappa shape index (κ1) is 18.3. The summed E-state index contributed by atoms with van der Waals surface area (Å²) in [6.07, 6.45) is 4.11. The molecule has 0 amide bonds. The molecule has 0 aliphatic carbocycles. The van der Waals surface area contributed by atoms with E-state index in [9.17, 15) is 8.42 Å². The summed E-state index contributed by atoms with van der Waals surface area (Å²) in [5.41, 5.74) is 1.90. The molecule has 27 heavy (non-hydrogen) atoms. The van der Waals surface area contributed by atoms with Crippen LogP contribution in [0.4, 0.5) is 0 Å². The number of hydrogen-bond acceptors (Lipinski definition) is 5. The second kappa shape index (κ2) is 7.48. The maximum Gasteiger partial charge on any atom is 0.243 e. The highest BCUT2D eigenvalue weighted by Gasteiger charge is 2.30. The molecular weight excluding hydrogens is 364 g/mol. The number of sulfonamides is 1. The van der Waals surface area contributed by atoms with E-state index in [2.05, 4.69) is 4.98 Å². The first-order valence-corrected chi connectivity index (χ1v) is 10.8. The van der Waals surface area contributed by atoms with Crippen LogP contribution in [-0.2, 0) is 16.4 Å². The molecule has 0 radical (unpaired) electrons. The molecule has 3 heterocycles. The van der Waals surface area contributed by atoms with E-state index in [0.717, 1.165) is 42.0 Å². The van der Waals surface area contributed by atoms with Gasteiger partial charge in [-0.1, -0.05) is 0 Å².